The van der Waals surface area contributed by atoms with E-state index in [4.69, 9.17) is 4.74 Å². The van der Waals surface area contributed by atoms with E-state index in [0.29, 0.717) is 19.5 Å². The molecule has 0 saturated carbocycles. The summed E-state index contributed by atoms with van der Waals surface area (Å²) in [5.74, 6) is -0.305. The predicted octanol–water partition coefficient (Wildman–Crippen LogP) is -0.852. The highest BCUT2D eigenvalue weighted by molar-refractivity contribution is 5.82. The molecule has 6 aliphatic rings. The summed E-state index contributed by atoms with van der Waals surface area (Å²) < 4.78 is 5.89. The van der Waals surface area contributed by atoms with Crippen LogP contribution in [0.5, 0.6) is 0 Å². The zero-order valence-electron chi connectivity index (χ0n) is 23.0. The molecule has 1 aromatic carbocycles. The van der Waals surface area contributed by atoms with Crippen LogP contribution in [0.1, 0.15) is 30.4 Å². The molecule has 0 aliphatic carbocycles. The van der Waals surface area contributed by atoms with Crippen molar-refractivity contribution >= 4 is 17.5 Å². The Labute approximate surface area is 234 Å². The molecule has 2 bridgehead atoms. The van der Waals surface area contributed by atoms with Crippen LogP contribution in [0.3, 0.4) is 0 Å². The monoisotopic (exact) mass is 552 g/mol. The number of hydrazine groups is 1. The second-order valence-corrected chi connectivity index (χ2v) is 11.9. The number of morpholine rings is 1. The molecule has 40 heavy (non-hydrogen) atoms. The molecule has 4 fully saturated rings. The van der Waals surface area contributed by atoms with Crippen molar-refractivity contribution < 1.29 is 19.4 Å². The topological polar surface area (TPSA) is 125 Å². The van der Waals surface area contributed by atoms with Crippen molar-refractivity contribution in [3.8, 4) is 0 Å². The Bertz CT molecular complexity index is 1180. The van der Waals surface area contributed by atoms with Crippen molar-refractivity contribution in [1.29, 1.82) is 0 Å². The van der Waals surface area contributed by atoms with Crippen molar-refractivity contribution in [2.45, 2.75) is 69.2 Å². The van der Waals surface area contributed by atoms with Gasteiger partial charge in [-0.3, -0.25) is 30.5 Å². The molecule has 7 unspecified atom stereocenters. The minimum absolute atomic E-state index is 0.0364. The number of anilines is 1. The molecule has 0 aromatic heterocycles. The molecule has 7 rings (SSSR count). The molecule has 6 aliphatic heterocycles. The molecule has 12 nitrogen and oxygen atoms in total. The van der Waals surface area contributed by atoms with E-state index in [1.54, 1.807) is 4.90 Å². The minimum atomic E-state index is -0.671. The molecule has 216 valence electrons. The van der Waals surface area contributed by atoms with Crippen LogP contribution in [-0.4, -0.2) is 114 Å². The second-order valence-electron chi connectivity index (χ2n) is 11.9. The van der Waals surface area contributed by atoms with E-state index in [1.165, 1.54) is 11.1 Å². The molecular formula is C28H40N8O4. The Kier molecular flexibility index (Phi) is 7.03. The van der Waals surface area contributed by atoms with Gasteiger partial charge in [-0.2, -0.15) is 5.01 Å². The molecule has 0 radical (unpaired) electrons. The van der Waals surface area contributed by atoms with Gasteiger partial charge in [0.2, 0.25) is 11.8 Å². The van der Waals surface area contributed by atoms with Crippen LogP contribution in [0, 0.1) is 5.92 Å². The highest BCUT2D eigenvalue weighted by Gasteiger charge is 2.53. The Hall–Kier alpha value is -2.58. The Morgan fingerprint density at radius 1 is 1.10 bits per heavy atom. The third-order valence-corrected chi connectivity index (χ3v) is 9.21. The Morgan fingerprint density at radius 2 is 2.00 bits per heavy atom. The number of aliphatic hydroxyl groups is 1. The summed E-state index contributed by atoms with van der Waals surface area (Å²) in [6, 6.07) is 6.59. The number of nitrogens with zero attached hydrogens (tertiary/aromatic N) is 4. The number of piperidine rings is 1. The van der Waals surface area contributed by atoms with Crippen LogP contribution >= 0.6 is 0 Å². The van der Waals surface area contributed by atoms with E-state index in [-0.39, 0.29) is 61.8 Å². The summed E-state index contributed by atoms with van der Waals surface area (Å²) in [4.78, 5) is 30.6. The van der Waals surface area contributed by atoms with Gasteiger partial charge in [-0.1, -0.05) is 18.2 Å². The van der Waals surface area contributed by atoms with E-state index < -0.39 is 6.10 Å². The third-order valence-electron chi connectivity index (χ3n) is 9.21. The standard InChI is InChI=1S/C28H40N8O4/c1-33-11-9-17-5-6-19(12-18(17)14-33)30-28-29-13-21-25(32-28)36-23-8-7-22-26(31-23)34(24(38)16-40-22)15-20(37)4-2-3-10-35(36)27(21)39/h2-3,5-6,12,20-23,25-26,28-32,37H,4,7-11,13-16H2,1H3/b3-2-. The molecule has 0 spiro atoms. The Balaban J connectivity index is 1.14. The number of nitrogens with one attached hydrogen (secondary N) is 4. The maximum atomic E-state index is 13.7. The number of hydrogen-bond acceptors (Lipinski definition) is 10. The summed E-state index contributed by atoms with van der Waals surface area (Å²) in [5, 5.41) is 29.0. The van der Waals surface area contributed by atoms with E-state index >= 15 is 0 Å². The summed E-state index contributed by atoms with van der Waals surface area (Å²) in [7, 11) is 2.15. The number of aliphatic hydroxyl groups excluding tert-OH is 1. The fourth-order valence-electron chi connectivity index (χ4n) is 7.14. The maximum absolute atomic E-state index is 13.7. The van der Waals surface area contributed by atoms with Crippen molar-refractivity contribution in [3.63, 3.8) is 0 Å². The van der Waals surface area contributed by atoms with Gasteiger partial charge in [0, 0.05) is 31.9 Å². The summed E-state index contributed by atoms with van der Waals surface area (Å²) in [6.45, 7) is 3.30. The van der Waals surface area contributed by atoms with Crippen LogP contribution < -0.4 is 21.3 Å². The number of carbonyl (C=O) groups is 2. The van der Waals surface area contributed by atoms with Crippen molar-refractivity contribution in [2.24, 2.45) is 5.92 Å². The summed E-state index contributed by atoms with van der Waals surface area (Å²) in [5.41, 5.74) is 3.80. The Morgan fingerprint density at radius 3 is 2.90 bits per heavy atom. The lowest BCUT2D eigenvalue weighted by Crippen LogP contribution is -2.72. The number of ether oxygens (including phenoxy) is 1. The molecule has 1 aromatic rings. The zero-order valence-corrected chi connectivity index (χ0v) is 23.0. The number of benzene rings is 1. The normalized spacial score (nSPS) is 37.6. The predicted molar refractivity (Wildman–Crippen MR) is 147 cm³/mol. The van der Waals surface area contributed by atoms with E-state index in [1.807, 2.05) is 17.2 Å². The largest absolute Gasteiger partial charge is 0.391 e. The van der Waals surface area contributed by atoms with Gasteiger partial charge in [-0.25, -0.2) is 0 Å². The molecule has 4 saturated heterocycles. The zero-order chi connectivity index (χ0) is 27.4. The van der Waals surface area contributed by atoms with Gasteiger partial charge >= 0.3 is 0 Å². The first-order valence-electron chi connectivity index (χ1n) is 14.6. The van der Waals surface area contributed by atoms with Gasteiger partial charge in [0.25, 0.3) is 0 Å². The van der Waals surface area contributed by atoms with E-state index in [2.05, 4.69) is 56.4 Å². The van der Waals surface area contributed by atoms with Gasteiger partial charge in [0.1, 0.15) is 19.1 Å². The fourth-order valence-corrected chi connectivity index (χ4v) is 7.14. The SMILES string of the molecule is CN1CCc2ccc(NC3NCC4C(=O)N5C/C=C\CC(O)CN6C(=O)COC7CCC(NC76)N5C4N3)cc2C1. The quantitative estimate of drug-likeness (QED) is 0.297. The van der Waals surface area contributed by atoms with Crippen LogP contribution in [0.15, 0.2) is 30.4 Å². The molecule has 2 amide bonds. The first-order chi connectivity index (χ1) is 19.4. The van der Waals surface area contributed by atoms with Crippen molar-refractivity contribution in [3.05, 3.63) is 41.5 Å². The lowest BCUT2D eigenvalue weighted by Gasteiger charge is -2.51. The van der Waals surface area contributed by atoms with Crippen molar-refractivity contribution in [1.82, 2.24) is 35.8 Å². The molecule has 12 heteroatoms. The number of fused-ring (bicyclic) bond motifs is 6. The van der Waals surface area contributed by atoms with Crippen LogP contribution in [-0.2, 0) is 27.3 Å². The van der Waals surface area contributed by atoms with Gasteiger partial charge in [0.05, 0.1) is 37.0 Å². The maximum Gasteiger partial charge on any atom is 0.250 e. The van der Waals surface area contributed by atoms with Crippen LogP contribution in [0.25, 0.3) is 0 Å². The molecule has 7 atom stereocenters. The average molecular weight is 553 g/mol. The lowest BCUT2D eigenvalue weighted by atomic mass is 9.99. The molecule has 5 N–H and O–H groups in total. The first kappa shape index (κ1) is 26.3. The number of amides is 2. The first-order valence-corrected chi connectivity index (χ1v) is 14.6. The van der Waals surface area contributed by atoms with Gasteiger partial charge in [-0.05, 0) is 56.0 Å². The van der Waals surface area contributed by atoms with Gasteiger partial charge in [-0.15, -0.1) is 0 Å². The number of likely N-dealkylation sites (N-methyl/N-ethyl adjacent to an activating group) is 1. The van der Waals surface area contributed by atoms with E-state index in [0.717, 1.165) is 38.0 Å². The number of carbonyl (C=O) groups excluding carboxylic acids is 2. The highest BCUT2D eigenvalue weighted by atomic mass is 16.5. The second kappa shape index (κ2) is 10.7. The number of rotatable bonds is 2. The van der Waals surface area contributed by atoms with E-state index in [9.17, 15) is 14.7 Å². The fraction of sp³-hybridized carbons (Fsp3) is 0.643. The summed E-state index contributed by atoms with van der Waals surface area (Å²) in [6.07, 6.45) is 5.11. The molecular weight excluding hydrogens is 512 g/mol. The highest BCUT2D eigenvalue weighted by Crippen LogP contribution is 2.34. The third kappa shape index (κ3) is 4.81. The lowest BCUT2D eigenvalue weighted by molar-refractivity contribution is -0.178. The van der Waals surface area contributed by atoms with Crippen molar-refractivity contribution in [2.75, 3.05) is 45.2 Å². The van der Waals surface area contributed by atoms with Crippen LogP contribution in [0.2, 0.25) is 0 Å². The van der Waals surface area contributed by atoms with Crippen LogP contribution in [0.4, 0.5) is 5.69 Å². The number of hydrogen-bond donors (Lipinski definition) is 5. The van der Waals surface area contributed by atoms with Gasteiger partial charge < -0.3 is 25.0 Å². The summed E-state index contributed by atoms with van der Waals surface area (Å²) >= 11 is 0. The van der Waals surface area contributed by atoms with Gasteiger partial charge in [0.15, 0.2) is 0 Å². The molecule has 6 heterocycles. The minimum Gasteiger partial charge on any atom is -0.391 e. The smallest absolute Gasteiger partial charge is 0.250 e. The average Bonchev–Trinajstić information content (AvgIpc) is 3.22.